The third-order valence-corrected chi connectivity index (χ3v) is 3.68. The Kier molecular flexibility index (Phi) is 3.48. The highest BCUT2D eigenvalue weighted by molar-refractivity contribution is 9.10. The van der Waals surface area contributed by atoms with Gasteiger partial charge < -0.3 is 9.30 Å². The Morgan fingerprint density at radius 1 is 1.39 bits per heavy atom. The molecule has 2 aromatic rings. The average Bonchev–Trinajstić information content (AvgIpc) is 2.65. The Balaban J connectivity index is 2.41. The van der Waals surface area contributed by atoms with Crippen LogP contribution in [-0.4, -0.2) is 17.6 Å². The summed E-state index contributed by atoms with van der Waals surface area (Å²) in [5.41, 5.74) is 0.567. The number of nitrogens with zero attached hydrogens (tertiary/aromatic N) is 1. The van der Waals surface area contributed by atoms with Crippen LogP contribution in [0.25, 0.3) is 10.9 Å². The molecular formula is C14H16BrNO2. The van der Waals surface area contributed by atoms with Crippen molar-refractivity contribution in [2.24, 2.45) is 5.41 Å². The normalized spacial score (nSPS) is 11.8. The van der Waals surface area contributed by atoms with Gasteiger partial charge >= 0.3 is 5.97 Å². The molecule has 1 heterocycles. The smallest absolute Gasteiger partial charge is 0.313 e. The van der Waals surface area contributed by atoms with E-state index in [-0.39, 0.29) is 5.97 Å². The van der Waals surface area contributed by atoms with Crippen molar-refractivity contribution in [2.75, 3.05) is 7.11 Å². The monoisotopic (exact) mass is 309 g/mol. The summed E-state index contributed by atoms with van der Waals surface area (Å²) in [5, 5.41) is 1.15. The summed E-state index contributed by atoms with van der Waals surface area (Å²) in [6, 6.07) is 8.10. The maximum absolute atomic E-state index is 11.7. The topological polar surface area (TPSA) is 31.2 Å². The highest BCUT2D eigenvalue weighted by Crippen LogP contribution is 2.29. The maximum Gasteiger partial charge on any atom is 0.313 e. The molecule has 0 amide bonds. The molecule has 0 saturated carbocycles. The van der Waals surface area contributed by atoms with Crippen molar-refractivity contribution in [1.82, 2.24) is 4.57 Å². The molecule has 18 heavy (non-hydrogen) atoms. The minimum absolute atomic E-state index is 0.198. The third kappa shape index (κ3) is 2.29. The lowest BCUT2D eigenvalue weighted by Gasteiger charge is -2.22. The van der Waals surface area contributed by atoms with Crippen molar-refractivity contribution < 1.29 is 9.53 Å². The first-order valence-electron chi connectivity index (χ1n) is 5.77. The fourth-order valence-corrected chi connectivity index (χ4v) is 2.68. The molecule has 0 radical (unpaired) electrons. The predicted molar refractivity (Wildman–Crippen MR) is 75.4 cm³/mol. The van der Waals surface area contributed by atoms with Crippen LogP contribution in [0.4, 0.5) is 0 Å². The van der Waals surface area contributed by atoms with Crippen LogP contribution in [0.2, 0.25) is 0 Å². The van der Waals surface area contributed by atoms with Crippen molar-refractivity contribution in [1.29, 1.82) is 0 Å². The minimum Gasteiger partial charge on any atom is -0.469 e. The number of benzene rings is 1. The van der Waals surface area contributed by atoms with Crippen LogP contribution in [0.3, 0.4) is 0 Å². The van der Waals surface area contributed by atoms with Crippen LogP contribution >= 0.6 is 15.9 Å². The molecule has 0 unspecified atom stereocenters. The van der Waals surface area contributed by atoms with Crippen LogP contribution in [0.15, 0.2) is 34.9 Å². The Bertz CT molecular complexity index is 586. The molecule has 3 nitrogen and oxygen atoms in total. The maximum atomic E-state index is 11.7. The molecule has 0 N–H and O–H groups in total. The Hall–Kier alpha value is -1.29. The zero-order chi connectivity index (χ0) is 13.3. The van der Waals surface area contributed by atoms with Gasteiger partial charge in [-0.3, -0.25) is 4.79 Å². The summed E-state index contributed by atoms with van der Waals surface area (Å²) >= 11 is 3.54. The lowest BCUT2D eigenvalue weighted by molar-refractivity contribution is -0.151. The highest BCUT2D eigenvalue weighted by atomic mass is 79.9. The van der Waals surface area contributed by atoms with Crippen LogP contribution in [-0.2, 0) is 16.1 Å². The summed E-state index contributed by atoms with van der Waals surface area (Å²) in [7, 11) is 1.42. The molecule has 2 rings (SSSR count). The van der Waals surface area contributed by atoms with Crippen molar-refractivity contribution in [2.45, 2.75) is 20.4 Å². The van der Waals surface area contributed by atoms with E-state index in [1.165, 1.54) is 7.11 Å². The van der Waals surface area contributed by atoms with Gasteiger partial charge in [0.15, 0.2) is 0 Å². The second-order valence-electron chi connectivity index (χ2n) is 5.00. The number of carbonyl (C=O) groups excluding carboxylic acids is 1. The van der Waals surface area contributed by atoms with E-state index < -0.39 is 5.41 Å². The predicted octanol–water partition coefficient (Wildman–Crippen LogP) is 3.60. The van der Waals surface area contributed by atoms with Crippen molar-refractivity contribution in [3.8, 4) is 0 Å². The van der Waals surface area contributed by atoms with Crippen LogP contribution < -0.4 is 0 Å². The van der Waals surface area contributed by atoms with Crippen LogP contribution in [0, 0.1) is 5.41 Å². The summed E-state index contributed by atoms with van der Waals surface area (Å²) in [6.45, 7) is 4.37. The Labute approximate surface area is 115 Å². The minimum atomic E-state index is -0.546. The second kappa shape index (κ2) is 4.76. The summed E-state index contributed by atoms with van der Waals surface area (Å²) < 4.78 is 7.96. The standard InChI is InChI=1S/C14H16BrNO2/c1-14(2,13(17)18-3)9-16-8-11(15)10-6-4-5-7-12(10)16/h4-8H,9H2,1-3H3. The molecule has 1 aromatic carbocycles. The summed E-state index contributed by atoms with van der Waals surface area (Å²) in [4.78, 5) is 11.7. The van der Waals surface area contributed by atoms with Crippen LogP contribution in [0.1, 0.15) is 13.8 Å². The fourth-order valence-electron chi connectivity index (χ4n) is 2.10. The van der Waals surface area contributed by atoms with Gasteiger partial charge in [0.1, 0.15) is 0 Å². The van der Waals surface area contributed by atoms with E-state index >= 15 is 0 Å². The quantitative estimate of drug-likeness (QED) is 0.811. The molecule has 0 aliphatic heterocycles. The van der Waals surface area contributed by atoms with E-state index in [9.17, 15) is 4.79 Å². The number of hydrogen-bond acceptors (Lipinski definition) is 2. The molecule has 1 aromatic heterocycles. The second-order valence-corrected chi connectivity index (χ2v) is 5.85. The first kappa shape index (κ1) is 13.1. The number of carbonyl (C=O) groups is 1. The molecular weight excluding hydrogens is 294 g/mol. The van der Waals surface area contributed by atoms with Crippen LogP contribution in [0.5, 0.6) is 0 Å². The van der Waals surface area contributed by atoms with Gasteiger partial charge in [0.05, 0.1) is 12.5 Å². The molecule has 0 fully saturated rings. The van der Waals surface area contributed by atoms with E-state index in [1.54, 1.807) is 0 Å². The van der Waals surface area contributed by atoms with Gasteiger partial charge in [0, 0.05) is 28.1 Å². The van der Waals surface area contributed by atoms with Gasteiger partial charge in [0.2, 0.25) is 0 Å². The van der Waals surface area contributed by atoms with E-state index in [0.29, 0.717) is 6.54 Å². The van der Waals surface area contributed by atoms with Crippen molar-refractivity contribution in [3.05, 3.63) is 34.9 Å². The zero-order valence-electron chi connectivity index (χ0n) is 10.7. The summed E-state index contributed by atoms with van der Waals surface area (Å²) in [5.74, 6) is -0.198. The lowest BCUT2D eigenvalue weighted by Crippen LogP contribution is -2.30. The van der Waals surface area contributed by atoms with Crippen molar-refractivity contribution >= 4 is 32.8 Å². The van der Waals surface area contributed by atoms with Gasteiger partial charge in [-0.15, -0.1) is 0 Å². The molecule has 0 saturated heterocycles. The molecule has 0 aliphatic carbocycles. The molecule has 0 bridgehead atoms. The Morgan fingerprint density at radius 3 is 2.72 bits per heavy atom. The van der Waals surface area contributed by atoms with Gasteiger partial charge in [-0.25, -0.2) is 0 Å². The molecule has 4 heteroatoms. The molecule has 0 spiro atoms. The molecule has 0 atom stereocenters. The zero-order valence-corrected chi connectivity index (χ0v) is 12.3. The lowest BCUT2D eigenvalue weighted by atomic mass is 9.93. The van der Waals surface area contributed by atoms with Gasteiger partial charge in [-0.1, -0.05) is 18.2 Å². The van der Waals surface area contributed by atoms with Gasteiger partial charge in [-0.2, -0.15) is 0 Å². The van der Waals surface area contributed by atoms with E-state index in [2.05, 4.69) is 26.6 Å². The number of hydrogen-bond donors (Lipinski definition) is 0. The first-order chi connectivity index (χ1) is 8.45. The number of aromatic nitrogens is 1. The Morgan fingerprint density at radius 2 is 2.06 bits per heavy atom. The third-order valence-electron chi connectivity index (χ3n) is 3.04. The number of rotatable bonds is 3. The number of esters is 1. The number of methoxy groups -OCH3 is 1. The van der Waals surface area contributed by atoms with Crippen molar-refractivity contribution in [3.63, 3.8) is 0 Å². The van der Waals surface area contributed by atoms with E-state index in [4.69, 9.17) is 4.74 Å². The van der Waals surface area contributed by atoms with E-state index in [1.807, 2.05) is 38.2 Å². The largest absolute Gasteiger partial charge is 0.469 e. The SMILES string of the molecule is COC(=O)C(C)(C)Cn1cc(Br)c2ccccc21. The first-order valence-corrected chi connectivity index (χ1v) is 6.57. The number of fused-ring (bicyclic) bond motifs is 1. The fraction of sp³-hybridized carbons (Fsp3) is 0.357. The van der Waals surface area contributed by atoms with Gasteiger partial charge in [-0.05, 0) is 35.8 Å². The average molecular weight is 310 g/mol. The number of para-hydroxylation sites is 1. The van der Waals surface area contributed by atoms with Gasteiger partial charge in [0.25, 0.3) is 0 Å². The molecule has 96 valence electrons. The summed E-state index contributed by atoms with van der Waals surface area (Å²) in [6.07, 6.45) is 2.01. The van der Waals surface area contributed by atoms with E-state index in [0.717, 1.165) is 15.4 Å². The number of ether oxygens (including phenoxy) is 1. The molecule has 0 aliphatic rings. The number of halogens is 1. The highest BCUT2D eigenvalue weighted by Gasteiger charge is 2.29.